The lowest BCUT2D eigenvalue weighted by atomic mass is 9.92. The number of nitrogens with one attached hydrogen (secondary N) is 3. The molecule has 164 valence electrons. The Morgan fingerprint density at radius 1 is 1.09 bits per heavy atom. The molecule has 0 unspecified atom stereocenters. The number of carbonyl (C=O) groups is 1. The average Bonchev–Trinajstić information content (AvgIpc) is 3.17. The maximum Gasteiger partial charge on any atom is 0.319 e. The molecule has 4 aromatic rings. The fourth-order valence-corrected chi connectivity index (χ4v) is 3.38. The lowest BCUT2D eigenvalue weighted by Crippen LogP contribution is -2.29. The van der Waals surface area contributed by atoms with Gasteiger partial charge in [-0.25, -0.2) is 13.9 Å². The van der Waals surface area contributed by atoms with Crippen LogP contribution in [-0.2, 0) is 12.0 Å². The van der Waals surface area contributed by atoms with Crippen LogP contribution in [0.25, 0.3) is 16.6 Å². The Kier molecular flexibility index (Phi) is 5.52. The zero-order valence-corrected chi connectivity index (χ0v) is 18.1. The van der Waals surface area contributed by atoms with Gasteiger partial charge in [0.05, 0.1) is 34.8 Å². The average molecular weight is 433 g/mol. The molecule has 3 N–H and O–H groups in total. The molecule has 0 atom stereocenters. The van der Waals surface area contributed by atoms with E-state index >= 15 is 0 Å². The molecule has 0 aliphatic heterocycles. The van der Waals surface area contributed by atoms with E-state index in [4.69, 9.17) is 0 Å². The van der Waals surface area contributed by atoms with E-state index in [1.54, 1.807) is 41.1 Å². The molecule has 0 spiro atoms. The number of hydrogen-bond donors (Lipinski definition) is 3. The summed E-state index contributed by atoms with van der Waals surface area (Å²) in [5.41, 5.74) is 2.92. The van der Waals surface area contributed by atoms with Crippen LogP contribution in [0.4, 0.5) is 14.9 Å². The van der Waals surface area contributed by atoms with Crippen molar-refractivity contribution in [3.63, 3.8) is 0 Å². The lowest BCUT2D eigenvalue weighted by Gasteiger charge is -2.14. The topological polar surface area (TPSA) is 91.8 Å². The molecule has 0 aliphatic rings. The van der Waals surface area contributed by atoms with Crippen LogP contribution in [0.3, 0.4) is 0 Å². The second kappa shape index (κ2) is 8.30. The van der Waals surface area contributed by atoms with Crippen LogP contribution in [0.1, 0.15) is 32.2 Å². The highest BCUT2D eigenvalue weighted by Gasteiger charge is 2.21. The summed E-state index contributed by atoms with van der Waals surface area (Å²) in [6, 6.07) is 16.0. The number of urea groups is 1. The highest BCUT2D eigenvalue weighted by atomic mass is 19.1. The van der Waals surface area contributed by atoms with Gasteiger partial charge in [-0.1, -0.05) is 32.9 Å². The highest BCUT2D eigenvalue weighted by Crippen LogP contribution is 2.24. The van der Waals surface area contributed by atoms with Crippen LogP contribution in [0.2, 0.25) is 0 Å². The van der Waals surface area contributed by atoms with Crippen LogP contribution < -0.4 is 16.2 Å². The van der Waals surface area contributed by atoms with Crippen molar-refractivity contribution in [2.75, 3.05) is 5.32 Å². The largest absolute Gasteiger partial charge is 0.332 e. The summed E-state index contributed by atoms with van der Waals surface area (Å²) in [5, 5.41) is 11.0. The number of anilines is 1. The Morgan fingerprint density at radius 3 is 2.62 bits per heavy atom. The van der Waals surface area contributed by atoms with Gasteiger partial charge in [-0.3, -0.25) is 4.79 Å². The number of H-pyrrole nitrogens is 1. The van der Waals surface area contributed by atoms with E-state index in [9.17, 15) is 14.0 Å². The fourth-order valence-electron chi connectivity index (χ4n) is 3.38. The third kappa shape index (κ3) is 4.54. The van der Waals surface area contributed by atoms with Crippen molar-refractivity contribution in [1.82, 2.24) is 20.1 Å². The molecule has 2 aromatic carbocycles. The van der Waals surface area contributed by atoms with E-state index in [0.29, 0.717) is 16.9 Å². The molecule has 4 rings (SSSR count). The van der Waals surface area contributed by atoms with Gasteiger partial charge in [-0.05, 0) is 42.5 Å². The van der Waals surface area contributed by atoms with Gasteiger partial charge < -0.3 is 15.6 Å². The van der Waals surface area contributed by atoms with Crippen LogP contribution in [0.5, 0.6) is 0 Å². The van der Waals surface area contributed by atoms with Crippen LogP contribution in [0, 0.1) is 5.82 Å². The first-order valence-electron chi connectivity index (χ1n) is 10.2. The highest BCUT2D eigenvalue weighted by molar-refractivity contribution is 6.00. The van der Waals surface area contributed by atoms with E-state index in [0.717, 1.165) is 16.8 Å². The zero-order chi connectivity index (χ0) is 22.9. The number of pyridine rings is 1. The molecular formula is C24H24FN5O2. The maximum atomic E-state index is 13.8. The number of amides is 2. The SMILES string of the molecule is CC(C)(C)c1cc(CNC(=O)Nc2cccc3[nH]c(=O)ccc23)n(-c2cccc(F)c2)n1. The van der Waals surface area contributed by atoms with Crippen molar-refractivity contribution in [3.8, 4) is 5.69 Å². The lowest BCUT2D eigenvalue weighted by molar-refractivity contribution is 0.251. The molecule has 0 radical (unpaired) electrons. The molecule has 0 fully saturated rings. The molecule has 7 nitrogen and oxygen atoms in total. The minimum atomic E-state index is -0.409. The normalized spacial score (nSPS) is 11.5. The van der Waals surface area contributed by atoms with Gasteiger partial charge in [0.2, 0.25) is 5.56 Å². The van der Waals surface area contributed by atoms with E-state index in [1.807, 2.05) is 26.8 Å². The molecular weight excluding hydrogens is 409 g/mol. The predicted octanol–water partition coefficient (Wildman–Crippen LogP) is 4.47. The number of benzene rings is 2. The Labute approximate surface area is 184 Å². The molecule has 2 amide bonds. The van der Waals surface area contributed by atoms with Crippen molar-refractivity contribution in [2.24, 2.45) is 0 Å². The molecule has 2 heterocycles. The second-order valence-electron chi connectivity index (χ2n) is 8.56. The fraction of sp³-hybridized carbons (Fsp3) is 0.208. The number of carbonyl (C=O) groups excluding carboxylic acids is 1. The molecule has 0 aliphatic carbocycles. The predicted molar refractivity (Wildman–Crippen MR) is 123 cm³/mol. The molecule has 8 heteroatoms. The van der Waals surface area contributed by atoms with Crippen LogP contribution in [0.15, 0.2) is 65.5 Å². The van der Waals surface area contributed by atoms with Crippen molar-refractivity contribution in [1.29, 1.82) is 0 Å². The Morgan fingerprint density at radius 2 is 1.88 bits per heavy atom. The monoisotopic (exact) mass is 433 g/mol. The van der Waals surface area contributed by atoms with Crippen molar-refractivity contribution in [2.45, 2.75) is 32.7 Å². The van der Waals surface area contributed by atoms with Gasteiger partial charge in [0.15, 0.2) is 0 Å². The van der Waals surface area contributed by atoms with E-state index in [-0.39, 0.29) is 23.3 Å². The van der Waals surface area contributed by atoms with Crippen molar-refractivity contribution < 1.29 is 9.18 Å². The van der Waals surface area contributed by atoms with E-state index in [1.165, 1.54) is 18.2 Å². The number of aromatic amines is 1. The first-order valence-corrected chi connectivity index (χ1v) is 10.2. The third-order valence-electron chi connectivity index (χ3n) is 5.05. The molecule has 0 saturated carbocycles. The van der Waals surface area contributed by atoms with Gasteiger partial charge in [0.25, 0.3) is 0 Å². The second-order valence-corrected chi connectivity index (χ2v) is 8.56. The Bertz CT molecular complexity index is 1350. The summed E-state index contributed by atoms with van der Waals surface area (Å²) >= 11 is 0. The third-order valence-corrected chi connectivity index (χ3v) is 5.05. The minimum absolute atomic E-state index is 0.188. The summed E-state index contributed by atoms with van der Waals surface area (Å²) < 4.78 is 15.4. The summed E-state index contributed by atoms with van der Waals surface area (Å²) in [6.45, 7) is 6.31. The number of rotatable bonds is 4. The smallest absolute Gasteiger partial charge is 0.319 e. The standard InChI is InChI=1S/C24H24FN5O2/c1-24(2,3)21-13-17(30(29-21)16-7-4-6-15(25)12-16)14-26-23(32)28-20-9-5-8-19-18(20)10-11-22(31)27-19/h4-13H,14H2,1-3H3,(H,27,31)(H2,26,28,32). The Balaban J connectivity index is 1.56. The van der Waals surface area contributed by atoms with Crippen molar-refractivity contribution >= 4 is 22.6 Å². The zero-order valence-electron chi connectivity index (χ0n) is 18.1. The number of nitrogens with zero attached hydrogens (tertiary/aromatic N) is 2. The number of aromatic nitrogens is 3. The first-order chi connectivity index (χ1) is 15.2. The summed E-state index contributed by atoms with van der Waals surface area (Å²) in [5.74, 6) is -0.360. The number of halogens is 1. The molecule has 0 bridgehead atoms. The molecule has 32 heavy (non-hydrogen) atoms. The van der Waals surface area contributed by atoms with Gasteiger partial charge in [0, 0.05) is 16.9 Å². The van der Waals surface area contributed by atoms with Crippen LogP contribution >= 0.6 is 0 Å². The van der Waals surface area contributed by atoms with Crippen molar-refractivity contribution in [3.05, 3.63) is 88.2 Å². The van der Waals surface area contributed by atoms with E-state index in [2.05, 4.69) is 20.7 Å². The van der Waals surface area contributed by atoms with Gasteiger partial charge >= 0.3 is 6.03 Å². The van der Waals surface area contributed by atoms with Gasteiger partial charge in [0.1, 0.15) is 5.82 Å². The van der Waals surface area contributed by atoms with E-state index < -0.39 is 6.03 Å². The summed E-state index contributed by atoms with van der Waals surface area (Å²) in [7, 11) is 0. The maximum absolute atomic E-state index is 13.8. The summed E-state index contributed by atoms with van der Waals surface area (Å²) in [4.78, 5) is 26.9. The van der Waals surface area contributed by atoms with Gasteiger partial charge in [-0.2, -0.15) is 5.10 Å². The minimum Gasteiger partial charge on any atom is -0.332 e. The first kappa shape index (κ1) is 21.3. The molecule has 2 aromatic heterocycles. The molecule has 0 saturated heterocycles. The quantitative estimate of drug-likeness (QED) is 0.443. The number of fused-ring (bicyclic) bond motifs is 1. The van der Waals surface area contributed by atoms with Crippen LogP contribution in [-0.4, -0.2) is 20.8 Å². The summed E-state index contributed by atoms with van der Waals surface area (Å²) in [6.07, 6.45) is 0. The Hall–Kier alpha value is -3.94. The number of hydrogen-bond acceptors (Lipinski definition) is 3. The van der Waals surface area contributed by atoms with Gasteiger partial charge in [-0.15, -0.1) is 0 Å².